The molecule has 5 nitrogen and oxygen atoms in total. The van der Waals surface area contributed by atoms with E-state index in [0.29, 0.717) is 24.9 Å². The van der Waals surface area contributed by atoms with Crippen molar-refractivity contribution in [2.24, 2.45) is 5.73 Å². The highest BCUT2D eigenvalue weighted by molar-refractivity contribution is 7.98. The molecule has 0 fully saturated rings. The lowest BCUT2D eigenvalue weighted by Crippen LogP contribution is -2.47. The fourth-order valence-electron chi connectivity index (χ4n) is 1.88. The first-order valence-electron chi connectivity index (χ1n) is 7.42. The normalized spacial score (nSPS) is 12.7. The third-order valence-electron chi connectivity index (χ3n) is 3.17. The summed E-state index contributed by atoms with van der Waals surface area (Å²) in [5, 5.41) is 5.65. The van der Waals surface area contributed by atoms with Gasteiger partial charge in [0, 0.05) is 18.2 Å². The molecule has 130 valence electrons. The van der Waals surface area contributed by atoms with E-state index in [1.165, 1.54) is 0 Å². The van der Waals surface area contributed by atoms with Crippen molar-refractivity contribution in [2.75, 3.05) is 18.6 Å². The van der Waals surface area contributed by atoms with Crippen LogP contribution in [0.25, 0.3) is 0 Å². The van der Waals surface area contributed by atoms with E-state index in [9.17, 15) is 9.59 Å². The summed E-state index contributed by atoms with van der Waals surface area (Å²) in [6, 6.07) is 8.44. The van der Waals surface area contributed by atoms with Crippen LogP contribution in [0.3, 0.4) is 0 Å². The van der Waals surface area contributed by atoms with E-state index in [-0.39, 0.29) is 30.3 Å². The molecule has 0 aliphatic carbocycles. The summed E-state index contributed by atoms with van der Waals surface area (Å²) in [5.74, 6) is 0.425. The van der Waals surface area contributed by atoms with Crippen LogP contribution in [-0.4, -0.2) is 42.5 Å². The van der Waals surface area contributed by atoms with Crippen LogP contribution >= 0.6 is 24.2 Å². The molecule has 0 spiro atoms. The molecule has 0 bridgehead atoms. The van der Waals surface area contributed by atoms with Gasteiger partial charge in [0.05, 0.1) is 0 Å². The Balaban J connectivity index is 0.00000484. The summed E-state index contributed by atoms with van der Waals surface area (Å²) in [4.78, 5) is 24.4. The molecule has 1 rings (SSSR count). The third-order valence-corrected chi connectivity index (χ3v) is 3.81. The molecular weight excluding hydrogens is 334 g/mol. The van der Waals surface area contributed by atoms with E-state index in [2.05, 4.69) is 10.6 Å². The first-order chi connectivity index (χ1) is 10.5. The van der Waals surface area contributed by atoms with Gasteiger partial charge in [-0.2, -0.15) is 11.8 Å². The largest absolute Gasteiger partial charge is 0.354 e. The van der Waals surface area contributed by atoms with E-state index >= 15 is 0 Å². The summed E-state index contributed by atoms with van der Waals surface area (Å²) >= 11 is 1.65. The molecule has 23 heavy (non-hydrogen) atoms. The Labute approximate surface area is 148 Å². The Hall–Kier alpha value is -1.24. The SMILES string of the molecule is CSCCC(NC(=O)c1ccccc1)C(=O)NCCC(C)N.Cl. The van der Waals surface area contributed by atoms with Crippen LogP contribution in [-0.2, 0) is 4.79 Å². The van der Waals surface area contributed by atoms with Crippen LogP contribution in [0.5, 0.6) is 0 Å². The molecule has 0 saturated heterocycles. The van der Waals surface area contributed by atoms with Crippen LogP contribution in [0.1, 0.15) is 30.1 Å². The topological polar surface area (TPSA) is 84.2 Å². The summed E-state index contributed by atoms with van der Waals surface area (Å²) in [7, 11) is 0. The summed E-state index contributed by atoms with van der Waals surface area (Å²) in [6.45, 7) is 2.42. The Bertz CT molecular complexity index is 472. The number of nitrogens with one attached hydrogen (secondary N) is 2. The van der Waals surface area contributed by atoms with Crippen LogP contribution < -0.4 is 16.4 Å². The minimum absolute atomic E-state index is 0. The third kappa shape index (κ3) is 8.83. The number of carbonyl (C=O) groups excluding carboxylic acids is 2. The highest BCUT2D eigenvalue weighted by atomic mass is 35.5. The minimum Gasteiger partial charge on any atom is -0.354 e. The number of thioether (sulfide) groups is 1. The van der Waals surface area contributed by atoms with Gasteiger partial charge in [0.2, 0.25) is 5.91 Å². The molecule has 0 aliphatic heterocycles. The second-order valence-corrected chi connectivity index (χ2v) is 6.22. The molecular formula is C16H26ClN3O2S. The van der Waals surface area contributed by atoms with Crippen molar-refractivity contribution in [1.29, 1.82) is 0 Å². The van der Waals surface area contributed by atoms with Crippen LogP contribution in [0.15, 0.2) is 30.3 Å². The van der Waals surface area contributed by atoms with Gasteiger partial charge in [0.25, 0.3) is 5.91 Å². The van der Waals surface area contributed by atoms with Crippen molar-refractivity contribution in [3.8, 4) is 0 Å². The molecule has 2 unspecified atom stereocenters. The number of amides is 2. The molecule has 0 saturated carbocycles. The van der Waals surface area contributed by atoms with E-state index in [4.69, 9.17) is 5.73 Å². The van der Waals surface area contributed by atoms with E-state index < -0.39 is 6.04 Å². The average molecular weight is 360 g/mol. The maximum atomic E-state index is 12.2. The number of nitrogens with two attached hydrogens (primary N) is 1. The van der Waals surface area contributed by atoms with Gasteiger partial charge in [0.1, 0.15) is 6.04 Å². The Kier molecular flexibility index (Phi) is 11.6. The number of hydrogen-bond donors (Lipinski definition) is 3. The standard InChI is InChI=1S/C16H25N3O2S.ClH/c1-12(17)8-10-18-16(21)14(9-11-22-2)19-15(20)13-6-4-3-5-7-13;/h3-7,12,14H,8-11,17H2,1-2H3,(H,18,21)(H,19,20);1H. The maximum Gasteiger partial charge on any atom is 0.251 e. The lowest BCUT2D eigenvalue weighted by atomic mass is 10.1. The number of benzene rings is 1. The molecule has 2 atom stereocenters. The number of halogens is 1. The van der Waals surface area contributed by atoms with Crippen molar-refractivity contribution >= 4 is 36.0 Å². The predicted molar refractivity (Wildman–Crippen MR) is 99.2 cm³/mol. The van der Waals surface area contributed by atoms with Crippen molar-refractivity contribution < 1.29 is 9.59 Å². The molecule has 0 aromatic heterocycles. The fourth-order valence-corrected chi connectivity index (χ4v) is 2.35. The Morgan fingerprint density at radius 2 is 1.87 bits per heavy atom. The van der Waals surface area contributed by atoms with Gasteiger partial charge in [-0.05, 0) is 43.9 Å². The van der Waals surface area contributed by atoms with Gasteiger partial charge in [-0.3, -0.25) is 9.59 Å². The number of carbonyl (C=O) groups is 2. The number of rotatable bonds is 9. The molecule has 0 radical (unpaired) electrons. The van der Waals surface area contributed by atoms with Gasteiger partial charge >= 0.3 is 0 Å². The molecule has 0 heterocycles. The number of hydrogen-bond acceptors (Lipinski definition) is 4. The fraction of sp³-hybridized carbons (Fsp3) is 0.500. The van der Waals surface area contributed by atoms with Gasteiger partial charge < -0.3 is 16.4 Å². The second-order valence-electron chi connectivity index (χ2n) is 5.23. The smallest absolute Gasteiger partial charge is 0.251 e. The van der Waals surface area contributed by atoms with Crippen molar-refractivity contribution in [3.05, 3.63) is 35.9 Å². The van der Waals surface area contributed by atoms with Gasteiger partial charge in [-0.1, -0.05) is 18.2 Å². The van der Waals surface area contributed by atoms with E-state index in [1.807, 2.05) is 19.2 Å². The van der Waals surface area contributed by atoms with Crippen LogP contribution in [0, 0.1) is 0 Å². The van der Waals surface area contributed by atoms with Gasteiger partial charge in [0.15, 0.2) is 0 Å². The predicted octanol–water partition coefficient (Wildman–Crippen LogP) is 1.81. The zero-order chi connectivity index (χ0) is 16.4. The maximum absolute atomic E-state index is 12.2. The van der Waals surface area contributed by atoms with Crippen molar-refractivity contribution in [2.45, 2.75) is 31.8 Å². The molecule has 0 aliphatic rings. The van der Waals surface area contributed by atoms with E-state index in [1.54, 1.807) is 36.0 Å². The van der Waals surface area contributed by atoms with Crippen molar-refractivity contribution in [3.63, 3.8) is 0 Å². The summed E-state index contributed by atoms with van der Waals surface area (Å²) in [6.07, 6.45) is 3.29. The highest BCUT2D eigenvalue weighted by Crippen LogP contribution is 2.04. The molecule has 1 aromatic rings. The first kappa shape index (κ1) is 21.8. The molecule has 4 N–H and O–H groups in total. The van der Waals surface area contributed by atoms with Crippen molar-refractivity contribution in [1.82, 2.24) is 10.6 Å². The lowest BCUT2D eigenvalue weighted by molar-refractivity contribution is -0.123. The first-order valence-corrected chi connectivity index (χ1v) is 8.82. The summed E-state index contributed by atoms with van der Waals surface area (Å²) < 4.78 is 0. The van der Waals surface area contributed by atoms with Gasteiger partial charge in [-0.25, -0.2) is 0 Å². The lowest BCUT2D eigenvalue weighted by Gasteiger charge is -2.18. The van der Waals surface area contributed by atoms with E-state index in [0.717, 1.165) is 5.75 Å². The monoisotopic (exact) mass is 359 g/mol. The highest BCUT2D eigenvalue weighted by Gasteiger charge is 2.20. The molecule has 1 aromatic carbocycles. The molecule has 2 amide bonds. The minimum atomic E-state index is -0.520. The Morgan fingerprint density at radius 1 is 1.22 bits per heavy atom. The second kappa shape index (κ2) is 12.2. The van der Waals surface area contributed by atoms with Gasteiger partial charge in [-0.15, -0.1) is 12.4 Å². The summed E-state index contributed by atoms with van der Waals surface area (Å²) in [5.41, 5.74) is 6.22. The average Bonchev–Trinajstić information content (AvgIpc) is 2.51. The van der Waals surface area contributed by atoms with Crippen LogP contribution in [0.2, 0.25) is 0 Å². The zero-order valence-electron chi connectivity index (χ0n) is 13.6. The molecule has 7 heteroatoms. The van der Waals surface area contributed by atoms with Crippen LogP contribution in [0.4, 0.5) is 0 Å². The quantitative estimate of drug-likeness (QED) is 0.627. The Morgan fingerprint density at radius 3 is 2.43 bits per heavy atom. The zero-order valence-corrected chi connectivity index (χ0v) is 15.2.